The number of rotatable bonds is 8. The summed E-state index contributed by atoms with van der Waals surface area (Å²) in [5.41, 5.74) is 0. The van der Waals surface area contributed by atoms with Crippen molar-refractivity contribution in [1.82, 2.24) is 0 Å². The number of unbranched alkanes of at least 4 members (excludes halogenated alkanes) is 1. The van der Waals surface area contributed by atoms with E-state index in [-0.39, 0.29) is 18.8 Å². The number of aliphatic hydroxyl groups is 1. The number of aliphatic hydroxyl groups excluding tert-OH is 1. The van der Waals surface area contributed by atoms with Crippen LogP contribution in [0.15, 0.2) is 0 Å². The summed E-state index contributed by atoms with van der Waals surface area (Å²) in [5, 5.41) is 9.10. The van der Waals surface area contributed by atoms with Gasteiger partial charge in [-0.3, -0.25) is 0 Å². The summed E-state index contributed by atoms with van der Waals surface area (Å²) < 4.78 is 11.3. The van der Waals surface area contributed by atoms with E-state index in [9.17, 15) is 0 Å². The maximum absolute atomic E-state index is 9.10. The van der Waals surface area contributed by atoms with Crippen molar-refractivity contribution in [2.24, 2.45) is 5.92 Å². The minimum absolute atomic E-state index is 0.0798. The molecule has 16 heavy (non-hydrogen) atoms. The lowest BCUT2D eigenvalue weighted by Crippen LogP contribution is -2.29. The lowest BCUT2D eigenvalue weighted by molar-refractivity contribution is -0.0440. The highest BCUT2D eigenvalue weighted by atomic mass is 16.6. The molecule has 3 atom stereocenters. The Labute approximate surface area is 99.1 Å². The predicted molar refractivity (Wildman–Crippen MR) is 64.5 cm³/mol. The van der Waals surface area contributed by atoms with E-state index in [1.807, 2.05) is 0 Å². The van der Waals surface area contributed by atoms with Gasteiger partial charge in [-0.25, -0.2) is 0 Å². The molecular formula is C13H26O3. The molecule has 3 heteroatoms. The van der Waals surface area contributed by atoms with Crippen LogP contribution in [0.3, 0.4) is 0 Å². The topological polar surface area (TPSA) is 38.7 Å². The van der Waals surface area contributed by atoms with Crippen LogP contribution in [0.2, 0.25) is 0 Å². The molecule has 0 aromatic rings. The van der Waals surface area contributed by atoms with Crippen LogP contribution >= 0.6 is 0 Å². The second kappa shape index (κ2) is 8.04. The Morgan fingerprint density at radius 1 is 1.44 bits per heavy atom. The highest BCUT2D eigenvalue weighted by Gasteiger charge is 2.28. The van der Waals surface area contributed by atoms with Crippen molar-refractivity contribution in [2.45, 2.75) is 58.2 Å². The molecule has 1 rings (SSSR count). The second-order valence-electron chi connectivity index (χ2n) is 4.67. The van der Waals surface area contributed by atoms with Crippen LogP contribution in [0.25, 0.3) is 0 Å². The van der Waals surface area contributed by atoms with Crippen molar-refractivity contribution in [3.63, 3.8) is 0 Å². The molecule has 0 saturated carbocycles. The first-order chi connectivity index (χ1) is 7.81. The van der Waals surface area contributed by atoms with Crippen LogP contribution in [0.5, 0.6) is 0 Å². The van der Waals surface area contributed by atoms with E-state index in [4.69, 9.17) is 14.6 Å². The van der Waals surface area contributed by atoms with Gasteiger partial charge in [-0.15, -0.1) is 0 Å². The van der Waals surface area contributed by atoms with E-state index >= 15 is 0 Å². The van der Waals surface area contributed by atoms with Gasteiger partial charge in [0.2, 0.25) is 0 Å². The van der Waals surface area contributed by atoms with Gasteiger partial charge in [0.15, 0.2) is 0 Å². The minimum atomic E-state index is -0.0938. The fourth-order valence-electron chi connectivity index (χ4n) is 2.15. The van der Waals surface area contributed by atoms with Crippen molar-refractivity contribution >= 4 is 0 Å². The van der Waals surface area contributed by atoms with Crippen LogP contribution in [0.4, 0.5) is 0 Å². The highest BCUT2D eigenvalue weighted by molar-refractivity contribution is 4.76. The zero-order valence-corrected chi connectivity index (χ0v) is 10.7. The van der Waals surface area contributed by atoms with Gasteiger partial charge >= 0.3 is 0 Å². The molecule has 0 amide bonds. The largest absolute Gasteiger partial charge is 0.394 e. The third kappa shape index (κ3) is 4.40. The summed E-state index contributed by atoms with van der Waals surface area (Å²) >= 11 is 0. The Balaban J connectivity index is 2.20. The van der Waals surface area contributed by atoms with Crippen LogP contribution in [0, 0.1) is 5.92 Å². The Hall–Kier alpha value is -0.120. The molecule has 0 spiro atoms. The Morgan fingerprint density at radius 2 is 2.25 bits per heavy atom. The molecule has 1 aliphatic rings. The van der Waals surface area contributed by atoms with Gasteiger partial charge in [0.05, 0.1) is 12.7 Å². The van der Waals surface area contributed by atoms with Crippen LogP contribution in [-0.4, -0.2) is 37.1 Å². The van der Waals surface area contributed by atoms with Crippen LogP contribution in [0.1, 0.15) is 46.0 Å². The normalized spacial score (nSPS) is 27.2. The summed E-state index contributed by atoms with van der Waals surface area (Å²) in [5.74, 6) is 0.667. The molecule has 1 aliphatic heterocycles. The SMILES string of the molecule is CCCCC(CC)COC1CCOC1CO. The first-order valence-electron chi connectivity index (χ1n) is 6.65. The standard InChI is InChI=1S/C13H26O3/c1-3-5-6-11(4-2)10-16-12-7-8-15-13(12)9-14/h11-14H,3-10H2,1-2H3. The fraction of sp³-hybridized carbons (Fsp3) is 1.00. The number of hydrogen-bond acceptors (Lipinski definition) is 3. The average molecular weight is 230 g/mol. The Kier molecular flexibility index (Phi) is 7.01. The lowest BCUT2D eigenvalue weighted by Gasteiger charge is -2.21. The highest BCUT2D eigenvalue weighted by Crippen LogP contribution is 2.20. The lowest BCUT2D eigenvalue weighted by atomic mass is 10.0. The average Bonchev–Trinajstić information content (AvgIpc) is 2.77. The first kappa shape index (κ1) is 13.9. The van der Waals surface area contributed by atoms with E-state index in [1.165, 1.54) is 25.7 Å². The van der Waals surface area contributed by atoms with Crippen molar-refractivity contribution in [3.05, 3.63) is 0 Å². The maximum Gasteiger partial charge on any atom is 0.107 e. The monoisotopic (exact) mass is 230 g/mol. The summed E-state index contributed by atoms with van der Waals surface area (Å²) in [4.78, 5) is 0. The quantitative estimate of drug-likeness (QED) is 0.695. The smallest absolute Gasteiger partial charge is 0.107 e. The summed E-state index contributed by atoms with van der Waals surface area (Å²) in [6, 6.07) is 0. The number of ether oxygens (including phenoxy) is 2. The molecule has 0 aliphatic carbocycles. The summed E-state index contributed by atoms with van der Waals surface area (Å²) in [6.45, 7) is 6.07. The van der Waals surface area contributed by atoms with Gasteiger partial charge in [0.25, 0.3) is 0 Å². The van der Waals surface area contributed by atoms with Crippen molar-refractivity contribution < 1.29 is 14.6 Å². The molecule has 0 radical (unpaired) electrons. The van der Waals surface area contributed by atoms with Crippen LogP contribution in [-0.2, 0) is 9.47 Å². The van der Waals surface area contributed by atoms with Crippen molar-refractivity contribution in [3.8, 4) is 0 Å². The van der Waals surface area contributed by atoms with Gasteiger partial charge in [-0.05, 0) is 18.8 Å². The van der Waals surface area contributed by atoms with Crippen molar-refractivity contribution in [2.75, 3.05) is 19.8 Å². The van der Waals surface area contributed by atoms with Gasteiger partial charge in [0, 0.05) is 13.2 Å². The first-order valence-corrected chi connectivity index (χ1v) is 6.65. The van der Waals surface area contributed by atoms with E-state index in [0.717, 1.165) is 19.6 Å². The molecule has 3 nitrogen and oxygen atoms in total. The summed E-state index contributed by atoms with van der Waals surface area (Å²) in [7, 11) is 0. The van der Waals surface area contributed by atoms with E-state index < -0.39 is 0 Å². The van der Waals surface area contributed by atoms with E-state index in [1.54, 1.807) is 0 Å². The zero-order valence-electron chi connectivity index (χ0n) is 10.7. The molecule has 1 fully saturated rings. The molecule has 96 valence electrons. The zero-order chi connectivity index (χ0) is 11.8. The van der Waals surface area contributed by atoms with Crippen LogP contribution < -0.4 is 0 Å². The third-order valence-corrected chi connectivity index (χ3v) is 3.42. The molecule has 1 heterocycles. The van der Waals surface area contributed by atoms with E-state index in [0.29, 0.717) is 5.92 Å². The number of hydrogen-bond donors (Lipinski definition) is 1. The van der Waals surface area contributed by atoms with Gasteiger partial charge in [-0.1, -0.05) is 33.1 Å². The molecule has 0 aromatic carbocycles. The molecule has 0 aromatic heterocycles. The minimum Gasteiger partial charge on any atom is -0.394 e. The second-order valence-corrected chi connectivity index (χ2v) is 4.67. The fourth-order valence-corrected chi connectivity index (χ4v) is 2.15. The van der Waals surface area contributed by atoms with Gasteiger partial charge in [-0.2, -0.15) is 0 Å². The Morgan fingerprint density at radius 3 is 2.88 bits per heavy atom. The third-order valence-electron chi connectivity index (χ3n) is 3.42. The molecule has 1 saturated heterocycles. The Bertz CT molecular complexity index is 173. The molecule has 3 unspecified atom stereocenters. The predicted octanol–water partition coefficient (Wildman–Crippen LogP) is 2.37. The van der Waals surface area contributed by atoms with Gasteiger partial charge in [0.1, 0.15) is 6.10 Å². The molecular weight excluding hydrogens is 204 g/mol. The maximum atomic E-state index is 9.10. The van der Waals surface area contributed by atoms with Crippen molar-refractivity contribution in [1.29, 1.82) is 0 Å². The molecule has 0 bridgehead atoms. The summed E-state index contributed by atoms with van der Waals surface area (Å²) in [6.07, 6.45) is 5.91. The van der Waals surface area contributed by atoms with E-state index in [2.05, 4.69) is 13.8 Å². The molecule has 1 N–H and O–H groups in total. The van der Waals surface area contributed by atoms with Gasteiger partial charge < -0.3 is 14.6 Å².